The Morgan fingerprint density at radius 3 is 1.76 bits per heavy atom. The van der Waals surface area contributed by atoms with Crippen molar-refractivity contribution in [1.82, 2.24) is 5.48 Å². The second-order valence-electron chi connectivity index (χ2n) is 5.46. The van der Waals surface area contributed by atoms with E-state index in [1.165, 1.54) is 44.9 Å². The van der Waals surface area contributed by atoms with Gasteiger partial charge in [0.05, 0.1) is 6.10 Å². The molecule has 0 aliphatic carbocycles. The predicted molar refractivity (Wildman–Crippen MR) is 72.2 cm³/mol. The molecule has 0 rings (SSSR count). The van der Waals surface area contributed by atoms with E-state index in [9.17, 15) is 5.11 Å². The summed E-state index contributed by atoms with van der Waals surface area (Å²) in [6.45, 7) is 4.86. The molecule has 0 aromatic rings. The van der Waals surface area contributed by atoms with Crippen LogP contribution in [0.1, 0.15) is 71.6 Å². The number of hydrogen-bond donors (Lipinski definition) is 3. The Bertz CT molecular complexity index is 151. The number of nitrogens with one attached hydrogen (secondary N) is 1. The van der Waals surface area contributed by atoms with Crippen LogP contribution in [0.25, 0.3) is 0 Å². The van der Waals surface area contributed by atoms with Crippen LogP contribution >= 0.6 is 0 Å². The highest BCUT2D eigenvalue weighted by Gasteiger charge is 2.02. The van der Waals surface area contributed by atoms with Crippen molar-refractivity contribution in [1.29, 1.82) is 0 Å². The maximum Gasteiger partial charge on any atom is 0.0687 e. The molecule has 0 aromatic heterocycles. The van der Waals surface area contributed by atoms with Crippen LogP contribution in [-0.2, 0) is 0 Å². The van der Waals surface area contributed by atoms with Crippen LogP contribution in [0.2, 0.25) is 0 Å². The molecule has 104 valence electrons. The lowest BCUT2D eigenvalue weighted by atomic mass is 10.0. The molecule has 3 nitrogen and oxygen atoms in total. The van der Waals surface area contributed by atoms with Gasteiger partial charge in [-0.05, 0) is 12.3 Å². The van der Waals surface area contributed by atoms with Gasteiger partial charge in [0, 0.05) is 6.54 Å². The van der Waals surface area contributed by atoms with E-state index in [1.807, 2.05) is 5.48 Å². The van der Waals surface area contributed by atoms with Crippen molar-refractivity contribution in [3.8, 4) is 0 Å². The van der Waals surface area contributed by atoms with Gasteiger partial charge in [0.25, 0.3) is 0 Å². The number of aliphatic hydroxyl groups is 1. The molecule has 0 radical (unpaired) electrons. The second kappa shape index (κ2) is 12.3. The molecule has 3 heteroatoms. The summed E-state index contributed by atoms with van der Waals surface area (Å²) in [6, 6.07) is 0. The van der Waals surface area contributed by atoms with Crippen LogP contribution in [0.15, 0.2) is 0 Å². The maximum absolute atomic E-state index is 9.35. The monoisotopic (exact) mass is 245 g/mol. The first-order valence-corrected chi connectivity index (χ1v) is 7.21. The highest BCUT2D eigenvalue weighted by molar-refractivity contribution is 4.56. The zero-order valence-electron chi connectivity index (χ0n) is 11.6. The molecule has 0 saturated heterocycles. The molecule has 0 heterocycles. The fourth-order valence-corrected chi connectivity index (χ4v) is 2.02. The fourth-order valence-electron chi connectivity index (χ4n) is 2.02. The quantitative estimate of drug-likeness (QED) is 0.364. The summed E-state index contributed by atoms with van der Waals surface area (Å²) in [6.07, 6.45) is 10.7. The Kier molecular flexibility index (Phi) is 12.3. The van der Waals surface area contributed by atoms with E-state index in [2.05, 4.69) is 13.8 Å². The van der Waals surface area contributed by atoms with E-state index in [0.717, 1.165) is 18.8 Å². The summed E-state index contributed by atoms with van der Waals surface area (Å²) in [5.74, 6) is 0.844. The summed E-state index contributed by atoms with van der Waals surface area (Å²) < 4.78 is 0. The van der Waals surface area contributed by atoms with Crippen molar-refractivity contribution in [2.24, 2.45) is 5.92 Å². The molecule has 0 amide bonds. The van der Waals surface area contributed by atoms with E-state index < -0.39 is 6.10 Å². The van der Waals surface area contributed by atoms with E-state index >= 15 is 0 Å². The van der Waals surface area contributed by atoms with E-state index in [4.69, 9.17) is 5.21 Å². The summed E-state index contributed by atoms with van der Waals surface area (Å²) in [5, 5.41) is 17.7. The molecule has 0 aliphatic rings. The number of hydrogen-bond acceptors (Lipinski definition) is 3. The van der Waals surface area contributed by atoms with Crippen LogP contribution in [0.4, 0.5) is 0 Å². The third kappa shape index (κ3) is 13.8. The SMILES string of the molecule is CC(C)CCCCCCCCCC(O)CNO. The van der Waals surface area contributed by atoms with Crippen molar-refractivity contribution in [2.75, 3.05) is 6.54 Å². The van der Waals surface area contributed by atoms with Gasteiger partial charge in [0.2, 0.25) is 0 Å². The van der Waals surface area contributed by atoms with Crippen LogP contribution in [0, 0.1) is 5.92 Å². The van der Waals surface area contributed by atoms with Crippen molar-refractivity contribution in [3.05, 3.63) is 0 Å². The minimum absolute atomic E-state index is 0.287. The topological polar surface area (TPSA) is 52.5 Å². The van der Waals surface area contributed by atoms with E-state index in [-0.39, 0.29) is 6.54 Å². The number of aliphatic hydroxyl groups excluding tert-OH is 1. The molecule has 0 aliphatic heterocycles. The number of rotatable bonds is 12. The molecule has 1 unspecified atom stereocenters. The molecule has 0 bridgehead atoms. The van der Waals surface area contributed by atoms with Gasteiger partial charge in [0.1, 0.15) is 0 Å². The lowest BCUT2D eigenvalue weighted by Crippen LogP contribution is -2.23. The molecule has 1 atom stereocenters. The van der Waals surface area contributed by atoms with Gasteiger partial charge >= 0.3 is 0 Å². The largest absolute Gasteiger partial charge is 0.392 e. The van der Waals surface area contributed by atoms with Gasteiger partial charge in [0.15, 0.2) is 0 Å². The zero-order valence-corrected chi connectivity index (χ0v) is 11.6. The van der Waals surface area contributed by atoms with Gasteiger partial charge in [-0.15, -0.1) is 0 Å². The smallest absolute Gasteiger partial charge is 0.0687 e. The van der Waals surface area contributed by atoms with Gasteiger partial charge in [-0.3, -0.25) is 0 Å². The predicted octanol–water partition coefficient (Wildman–Crippen LogP) is 3.49. The molecule has 0 saturated carbocycles. The minimum Gasteiger partial charge on any atom is -0.392 e. The molecular weight excluding hydrogens is 214 g/mol. The molecular formula is C14H31NO2. The van der Waals surface area contributed by atoms with Crippen molar-refractivity contribution >= 4 is 0 Å². The van der Waals surface area contributed by atoms with Crippen molar-refractivity contribution < 1.29 is 10.3 Å². The third-order valence-corrected chi connectivity index (χ3v) is 3.15. The highest BCUT2D eigenvalue weighted by atomic mass is 16.5. The molecule has 0 aromatic carbocycles. The number of unbranched alkanes of at least 4 members (excludes halogenated alkanes) is 6. The van der Waals surface area contributed by atoms with Crippen LogP contribution < -0.4 is 5.48 Å². The summed E-state index contributed by atoms with van der Waals surface area (Å²) in [4.78, 5) is 0. The zero-order chi connectivity index (χ0) is 12.9. The van der Waals surface area contributed by atoms with E-state index in [1.54, 1.807) is 0 Å². The fraction of sp³-hybridized carbons (Fsp3) is 1.00. The Balaban J connectivity index is 3.03. The molecule has 0 spiro atoms. The average Bonchev–Trinajstić information content (AvgIpc) is 2.27. The standard InChI is InChI=1S/C14H31NO2/c1-13(2)10-8-6-4-3-5-7-9-11-14(16)12-15-17/h13-17H,3-12H2,1-2H3. The minimum atomic E-state index is -0.397. The van der Waals surface area contributed by atoms with Gasteiger partial charge in [-0.2, -0.15) is 0 Å². The van der Waals surface area contributed by atoms with Crippen LogP contribution in [0.3, 0.4) is 0 Å². The molecule has 3 N–H and O–H groups in total. The van der Waals surface area contributed by atoms with Gasteiger partial charge < -0.3 is 10.3 Å². The second-order valence-corrected chi connectivity index (χ2v) is 5.46. The number of hydroxylamine groups is 1. The lowest BCUT2D eigenvalue weighted by Gasteiger charge is -2.08. The third-order valence-electron chi connectivity index (χ3n) is 3.15. The normalized spacial score (nSPS) is 13.2. The Labute approximate surface area is 107 Å². The van der Waals surface area contributed by atoms with Crippen LogP contribution in [-0.4, -0.2) is 23.0 Å². The summed E-state index contributed by atoms with van der Waals surface area (Å²) >= 11 is 0. The Morgan fingerprint density at radius 1 is 0.824 bits per heavy atom. The Morgan fingerprint density at radius 2 is 1.29 bits per heavy atom. The first kappa shape index (κ1) is 16.9. The molecule has 0 fully saturated rings. The van der Waals surface area contributed by atoms with Crippen molar-refractivity contribution in [2.45, 2.75) is 77.7 Å². The average molecular weight is 245 g/mol. The maximum atomic E-state index is 9.35. The lowest BCUT2D eigenvalue weighted by molar-refractivity contribution is 0.0856. The highest BCUT2D eigenvalue weighted by Crippen LogP contribution is 2.12. The van der Waals surface area contributed by atoms with Gasteiger partial charge in [-0.1, -0.05) is 65.2 Å². The van der Waals surface area contributed by atoms with E-state index in [0.29, 0.717) is 0 Å². The summed E-state index contributed by atoms with van der Waals surface area (Å²) in [7, 11) is 0. The molecule has 17 heavy (non-hydrogen) atoms. The van der Waals surface area contributed by atoms with Gasteiger partial charge in [-0.25, -0.2) is 5.48 Å². The summed E-state index contributed by atoms with van der Waals surface area (Å²) in [5.41, 5.74) is 2.00. The Hall–Kier alpha value is -0.120. The van der Waals surface area contributed by atoms with Crippen LogP contribution in [0.5, 0.6) is 0 Å². The van der Waals surface area contributed by atoms with Crippen molar-refractivity contribution in [3.63, 3.8) is 0 Å². The first-order chi connectivity index (χ1) is 8.16. The first-order valence-electron chi connectivity index (χ1n) is 7.21.